The van der Waals surface area contributed by atoms with Crippen LogP contribution in [0.4, 0.5) is 0 Å². The van der Waals surface area contributed by atoms with E-state index in [0.29, 0.717) is 10.8 Å². The molecule has 0 bridgehead atoms. The molecule has 4 aliphatic rings. The Kier molecular flexibility index (Phi) is 6.53. The third-order valence-corrected chi connectivity index (χ3v) is 11.3. The molecule has 0 saturated heterocycles. The quantitative estimate of drug-likeness (QED) is 0.436. The van der Waals surface area contributed by atoms with Crippen molar-refractivity contribution in [1.29, 1.82) is 0 Å². The van der Waals surface area contributed by atoms with Crippen molar-refractivity contribution < 1.29 is 5.11 Å². The van der Waals surface area contributed by atoms with E-state index in [0.717, 1.165) is 54.3 Å². The first-order chi connectivity index (χ1) is 14.2. The maximum Gasteiger partial charge on any atom is 0.0577 e. The van der Waals surface area contributed by atoms with Crippen LogP contribution < -0.4 is 0 Å². The molecular weight excluding hydrogens is 364 g/mol. The van der Waals surface area contributed by atoms with E-state index in [4.69, 9.17) is 0 Å². The minimum Gasteiger partial charge on any atom is -0.393 e. The van der Waals surface area contributed by atoms with Crippen molar-refractivity contribution in [1.82, 2.24) is 0 Å². The molecule has 172 valence electrons. The minimum atomic E-state index is -0.0794. The molecule has 1 N–H and O–H groups in total. The van der Waals surface area contributed by atoms with Crippen molar-refractivity contribution in [2.75, 3.05) is 0 Å². The molecular formula is C29H50O. The number of aliphatic hydroxyl groups is 1. The Balaban J connectivity index is 1.47. The average molecular weight is 415 g/mol. The van der Waals surface area contributed by atoms with E-state index in [1.165, 1.54) is 57.8 Å². The molecule has 0 spiro atoms. The van der Waals surface area contributed by atoms with E-state index < -0.39 is 0 Å². The van der Waals surface area contributed by atoms with Gasteiger partial charge in [-0.05, 0) is 110 Å². The lowest BCUT2D eigenvalue weighted by Gasteiger charge is -2.58. The maximum absolute atomic E-state index is 10.2. The van der Waals surface area contributed by atoms with Gasteiger partial charge in [0.2, 0.25) is 0 Å². The average Bonchev–Trinajstić information content (AvgIpc) is 3.06. The van der Waals surface area contributed by atoms with Gasteiger partial charge in [0.15, 0.2) is 0 Å². The van der Waals surface area contributed by atoms with Crippen LogP contribution in [0.2, 0.25) is 0 Å². The molecule has 1 heteroatoms. The highest BCUT2D eigenvalue weighted by Gasteiger charge is 2.59. The second-order valence-electron chi connectivity index (χ2n) is 12.9. The lowest BCUT2D eigenvalue weighted by molar-refractivity contribution is -0.0575. The summed E-state index contributed by atoms with van der Waals surface area (Å²) in [6.45, 7) is 15.1. The molecule has 30 heavy (non-hydrogen) atoms. The Morgan fingerprint density at radius 1 is 1.00 bits per heavy atom. The van der Waals surface area contributed by atoms with Gasteiger partial charge in [-0.1, -0.05) is 66.0 Å². The smallest absolute Gasteiger partial charge is 0.0577 e. The van der Waals surface area contributed by atoms with Crippen LogP contribution in [-0.4, -0.2) is 11.2 Å². The molecule has 0 amide bonds. The van der Waals surface area contributed by atoms with Crippen molar-refractivity contribution in [2.24, 2.45) is 52.3 Å². The SMILES string of the molecule is CCC(CC[C@@H](C)C1CCC2C3CC=C4C[C@@H](O)CC[C@]4(C)C3CC[C@@]21C)C(C)C. The fourth-order valence-corrected chi connectivity index (χ4v) is 9.30. The van der Waals surface area contributed by atoms with E-state index in [1.54, 1.807) is 5.57 Å². The molecule has 5 unspecified atom stereocenters. The predicted octanol–water partition coefficient (Wildman–Crippen LogP) is 8.02. The van der Waals surface area contributed by atoms with Gasteiger partial charge < -0.3 is 5.11 Å². The van der Waals surface area contributed by atoms with Crippen LogP contribution in [-0.2, 0) is 0 Å². The lowest BCUT2D eigenvalue weighted by Crippen LogP contribution is -2.50. The maximum atomic E-state index is 10.2. The first-order valence-electron chi connectivity index (χ1n) is 13.6. The number of hydrogen-bond donors (Lipinski definition) is 1. The van der Waals surface area contributed by atoms with E-state index in [2.05, 4.69) is 47.6 Å². The number of hydrogen-bond acceptors (Lipinski definition) is 1. The molecule has 3 fully saturated rings. The molecule has 4 rings (SSSR count). The summed E-state index contributed by atoms with van der Waals surface area (Å²) in [7, 11) is 0. The Bertz CT molecular complexity index is 634. The molecule has 0 aromatic carbocycles. The standard InChI is InChI=1S/C29H50O/c1-7-21(19(2)3)9-8-20(4)25-12-13-26-24-11-10-22-18-23(30)14-16-28(22,5)27(24)15-17-29(25,26)6/h10,19-21,23-27,30H,7-9,11-18H2,1-6H3/t20-,21?,23+,24?,25?,26?,27?,28+,29-/m1/s1. The Morgan fingerprint density at radius 2 is 1.77 bits per heavy atom. The molecule has 0 aromatic rings. The summed E-state index contributed by atoms with van der Waals surface area (Å²) < 4.78 is 0. The highest BCUT2D eigenvalue weighted by molar-refractivity contribution is 5.25. The monoisotopic (exact) mass is 414 g/mol. The summed E-state index contributed by atoms with van der Waals surface area (Å²) in [6, 6.07) is 0. The zero-order chi connectivity index (χ0) is 21.7. The van der Waals surface area contributed by atoms with Gasteiger partial charge in [0.1, 0.15) is 0 Å². The molecule has 0 aromatic heterocycles. The number of fused-ring (bicyclic) bond motifs is 5. The van der Waals surface area contributed by atoms with Gasteiger partial charge in [0, 0.05) is 0 Å². The Hall–Kier alpha value is -0.300. The second-order valence-corrected chi connectivity index (χ2v) is 12.9. The summed E-state index contributed by atoms with van der Waals surface area (Å²) in [5, 5.41) is 10.2. The molecule has 0 aliphatic heterocycles. The highest BCUT2D eigenvalue weighted by atomic mass is 16.3. The van der Waals surface area contributed by atoms with Gasteiger partial charge in [-0.2, -0.15) is 0 Å². The van der Waals surface area contributed by atoms with Crippen molar-refractivity contribution in [3.8, 4) is 0 Å². The Morgan fingerprint density at radius 3 is 2.47 bits per heavy atom. The van der Waals surface area contributed by atoms with Crippen LogP contribution in [0.1, 0.15) is 112 Å². The summed E-state index contributed by atoms with van der Waals surface area (Å²) in [6.07, 6.45) is 17.1. The van der Waals surface area contributed by atoms with Gasteiger partial charge in [-0.15, -0.1) is 0 Å². The van der Waals surface area contributed by atoms with Gasteiger partial charge in [0.25, 0.3) is 0 Å². The number of rotatable bonds is 6. The first-order valence-corrected chi connectivity index (χ1v) is 13.6. The van der Waals surface area contributed by atoms with Crippen LogP contribution in [0.15, 0.2) is 11.6 Å². The van der Waals surface area contributed by atoms with Crippen molar-refractivity contribution in [3.05, 3.63) is 11.6 Å². The van der Waals surface area contributed by atoms with Crippen LogP contribution >= 0.6 is 0 Å². The molecule has 9 atom stereocenters. The topological polar surface area (TPSA) is 20.2 Å². The van der Waals surface area contributed by atoms with E-state index in [9.17, 15) is 5.11 Å². The third-order valence-electron chi connectivity index (χ3n) is 11.3. The van der Waals surface area contributed by atoms with Crippen LogP contribution in [0.3, 0.4) is 0 Å². The van der Waals surface area contributed by atoms with E-state index in [-0.39, 0.29) is 6.10 Å². The molecule has 0 heterocycles. The van der Waals surface area contributed by atoms with Crippen LogP contribution in [0.25, 0.3) is 0 Å². The van der Waals surface area contributed by atoms with Crippen LogP contribution in [0, 0.1) is 52.3 Å². The first kappa shape index (κ1) is 22.9. The van der Waals surface area contributed by atoms with Gasteiger partial charge in [-0.3, -0.25) is 0 Å². The second kappa shape index (κ2) is 8.57. The fraction of sp³-hybridized carbons (Fsp3) is 0.931. The fourth-order valence-electron chi connectivity index (χ4n) is 9.30. The Labute approximate surface area is 187 Å². The van der Waals surface area contributed by atoms with Gasteiger partial charge >= 0.3 is 0 Å². The summed E-state index contributed by atoms with van der Waals surface area (Å²) >= 11 is 0. The highest BCUT2D eigenvalue weighted by Crippen LogP contribution is 2.67. The van der Waals surface area contributed by atoms with Crippen molar-refractivity contribution in [2.45, 2.75) is 118 Å². The summed E-state index contributed by atoms with van der Waals surface area (Å²) in [4.78, 5) is 0. The van der Waals surface area contributed by atoms with E-state index >= 15 is 0 Å². The lowest BCUT2D eigenvalue weighted by atomic mass is 9.47. The van der Waals surface area contributed by atoms with Crippen molar-refractivity contribution in [3.63, 3.8) is 0 Å². The van der Waals surface area contributed by atoms with E-state index in [1.807, 2.05) is 0 Å². The summed E-state index contributed by atoms with van der Waals surface area (Å²) in [5.41, 5.74) is 2.59. The normalized spacial score (nSPS) is 45.3. The number of allylic oxidation sites excluding steroid dienone is 1. The third kappa shape index (κ3) is 3.74. The van der Waals surface area contributed by atoms with Gasteiger partial charge in [0.05, 0.1) is 6.10 Å². The number of aliphatic hydroxyl groups excluding tert-OH is 1. The van der Waals surface area contributed by atoms with Crippen molar-refractivity contribution >= 4 is 0 Å². The minimum absolute atomic E-state index is 0.0794. The predicted molar refractivity (Wildman–Crippen MR) is 128 cm³/mol. The zero-order valence-electron chi connectivity index (χ0n) is 20.9. The van der Waals surface area contributed by atoms with Gasteiger partial charge in [-0.25, -0.2) is 0 Å². The zero-order valence-corrected chi connectivity index (χ0v) is 20.9. The molecule has 3 saturated carbocycles. The molecule has 4 aliphatic carbocycles. The van der Waals surface area contributed by atoms with Crippen LogP contribution in [0.5, 0.6) is 0 Å². The largest absolute Gasteiger partial charge is 0.393 e. The molecule has 0 radical (unpaired) electrons. The summed E-state index contributed by atoms with van der Waals surface area (Å²) in [5.74, 6) is 6.31. The molecule has 1 nitrogen and oxygen atoms in total.